The van der Waals surface area contributed by atoms with Gasteiger partial charge in [-0.3, -0.25) is 4.90 Å². The molecule has 0 radical (unpaired) electrons. The van der Waals surface area contributed by atoms with E-state index in [4.69, 9.17) is 0 Å². The van der Waals surface area contributed by atoms with Crippen molar-refractivity contribution in [2.24, 2.45) is 5.92 Å². The van der Waals surface area contributed by atoms with Gasteiger partial charge in [-0.05, 0) is 44.7 Å². The van der Waals surface area contributed by atoms with E-state index in [1.807, 2.05) is 12.3 Å². The zero-order chi connectivity index (χ0) is 12.8. The molecule has 0 aliphatic heterocycles. The van der Waals surface area contributed by atoms with Crippen molar-refractivity contribution in [3.05, 3.63) is 18.0 Å². The second-order valence-corrected chi connectivity index (χ2v) is 5.08. The molecule has 1 saturated carbocycles. The molecule has 1 aliphatic rings. The van der Waals surface area contributed by atoms with Crippen LogP contribution in [-0.4, -0.2) is 34.5 Å². The molecule has 0 aromatic carbocycles. The Kier molecular flexibility index (Phi) is 4.93. The van der Waals surface area contributed by atoms with E-state index in [9.17, 15) is 0 Å². The van der Waals surface area contributed by atoms with Gasteiger partial charge in [-0.25, -0.2) is 9.97 Å². The van der Waals surface area contributed by atoms with Gasteiger partial charge in [0.1, 0.15) is 0 Å². The van der Waals surface area contributed by atoms with Gasteiger partial charge in [0, 0.05) is 25.8 Å². The van der Waals surface area contributed by atoms with Crippen LogP contribution in [0.5, 0.6) is 0 Å². The second kappa shape index (κ2) is 6.69. The highest BCUT2D eigenvalue weighted by atomic mass is 15.2. The number of nitrogens with zero attached hydrogens (tertiary/aromatic N) is 3. The summed E-state index contributed by atoms with van der Waals surface area (Å²) in [7, 11) is 0. The van der Waals surface area contributed by atoms with Crippen molar-refractivity contribution in [2.45, 2.75) is 39.7 Å². The lowest BCUT2D eigenvalue weighted by Gasteiger charge is -2.21. The van der Waals surface area contributed by atoms with Crippen LogP contribution in [0.4, 0.5) is 5.95 Å². The molecular weight excluding hydrogens is 224 g/mol. The minimum atomic E-state index is 0.748. The van der Waals surface area contributed by atoms with Gasteiger partial charge in [0.05, 0.1) is 5.69 Å². The summed E-state index contributed by atoms with van der Waals surface area (Å²) < 4.78 is 0. The first-order chi connectivity index (χ1) is 8.81. The molecule has 0 amide bonds. The van der Waals surface area contributed by atoms with Gasteiger partial charge in [0.15, 0.2) is 0 Å². The molecule has 4 nitrogen and oxygen atoms in total. The molecule has 1 aromatic heterocycles. The molecule has 18 heavy (non-hydrogen) atoms. The first-order valence-corrected chi connectivity index (χ1v) is 7.10. The number of hydrogen-bond donors (Lipinski definition) is 1. The lowest BCUT2D eigenvalue weighted by atomic mass is 10.3. The molecule has 0 saturated heterocycles. The Bertz CT molecular complexity index is 363. The Balaban J connectivity index is 1.93. The van der Waals surface area contributed by atoms with Crippen molar-refractivity contribution >= 4 is 5.95 Å². The third-order valence-electron chi connectivity index (χ3n) is 3.19. The van der Waals surface area contributed by atoms with Crippen molar-refractivity contribution in [3.8, 4) is 0 Å². The minimum Gasteiger partial charge on any atom is -0.354 e. The Morgan fingerprint density at radius 2 is 2.22 bits per heavy atom. The summed E-state index contributed by atoms with van der Waals surface area (Å²) in [5.41, 5.74) is 1.12. The molecule has 0 bridgehead atoms. The van der Waals surface area contributed by atoms with Crippen LogP contribution < -0.4 is 5.32 Å². The highest BCUT2D eigenvalue weighted by Gasteiger charge is 2.24. The molecule has 1 fully saturated rings. The molecule has 1 heterocycles. The van der Waals surface area contributed by atoms with E-state index < -0.39 is 0 Å². The quantitative estimate of drug-likeness (QED) is 0.767. The summed E-state index contributed by atoms with van der Waals surface area (Å²) in [5.74, 6) is 1.68. The maximum absolute atomic E-state index is 4.55. The maximum atomic E-state index is 4.55. The van der Waals surface area contributed by atoms with E-state index in [0.29, 0.717) is 0 Å². The van der Waals surface area contributed by atoms with Crippen LogP contribution in [0.2, 0.25) is 0 Å². The molecule has 0 spiro atoms. The second-order valence-electron chi connectivity index (χ2n) is 5.08. The SMILES string of the molecule is CCCN(Cc1ccnc(NCC)n1)CC1CC1. The van der Waals surface area contributed by atoms with E-state index in [2.05, 4.69) is 34.0 Å². The van der Waals surface area contributed by atoms with Gasteiger partial charge in [-0.15, -0.1) is 0 Å². The molecule has 0 atom stereocenters. The Labute approximate surface area is 110 Å². The largest absolute Gasteiger partial charge is 0.354 e. The number of rotatable bonds is 8. The smallest absolute Gasteiger partial charge is 0.222 e. The van der Waals surface area contributed by atoms with Crippen molar-refractivity contribution in [1.82, 2.24) is 14.9 Å². The van der Waals surface area contributed by atoms with Crippen LogP contribution in [-0.2, 0) is 6.54 Å². The van der Waals surface area contributed by atoms with Crippen LogP contribution in [0, 0.1) is 5.92 Å². The van der Waals surface area contributed by atoms with Crippen molar-refractivity contribution in [2.75, 3.05) is 25.0 Å². The molecular formula is C14H24N4. The predicted molar refractivity (Wildman–Crippen MR) is 74.5 cm³/mol. The average Bonchev–Trinajstić information content (AvgIpc) is 3.14. The molecule has 0 unspecified atom stereocenters. The standard InChI is InChI=1S/C14H24N4/c1-3-9-18(10-12-5-6-12)11-13-7-8-16-14(17-13)15-4-2/h7-8,12H,3-6,9-11H2,1-2H3,(H,15,16,17). The Hall–Kier alpha value is -1.16. The van der Waals surface area contributed by atoms with Gasteiger partial charge in [-0.2, -0.15) is 0 Å². The lowest BCUT2D eigenvalue weighted by molar-refractivity contribution is 0.252. The normalized spacial score (nSPS) is 15.1. The number of nitrogens with one attached hydrogen (secondary N) is 1. The highest BCUT2D eigenvalue weighted by molar-refractivity contribution is 5.24. The van der Waals surface area contributed by atoms with Crippen LogP contribution >= 0.6 is 0 Å². The van der Waals surface area contributed by atoms with Gasteiger partial charge >= 0.3 is 0 Å². The Morgan fingerprint density at radius 3 is 2.89 bits per heavy atom. The minimum absolute atomic E-state index is 0.748. The van der Waals surface area contributed by atoms with Crippen LogP contribution in [0.25, 0.3) is 0 Å². The molecule has 4 heteroatoms. The first kappa shape index (κ1) is 13.3. The van der Waals surface area contributed by atoms with Gasteiger partial charge in [0.2, 0.25) is 5.95 Å². The molecule has 1 aromatic rings. The fourth-order valence-corrected chi connectivity index (χ4v) is 2.17. The molecule has 100 valence electrons. The van der Waals surface area contributed by atoms with Gasteiger partial charge in [-0.1, -0.05) is 6.92 Å². The summed E-state index contributed by atoms with van der Waals surface area (Å²) in [6.07, 6.45) is 5.87. The zero-order valence-corrected chi connectivity index (χ0v) is 11.5. The first-order valence-electron chi connectivity index (χ1n) is 7.10. The summed E-state index contributed by atoms with van der Waals surface area (Å²) in [5, 5.41) is 3.17. The van der Waals surface area contributed by atoms with Gasteiger partial charge < -0.3 is 5.32 Å². The van der Waals surface area contributed by atoms with Crippen LogP contribution in [0.3, 0.4) is 0 Å². The van der Waals surface area contributed by atoms with E-state index >= 15 is 0 Å². The van der Waals surface area contributed by atoms with Gasteiger partial charge in [0.25, 0.3) is 0 Å². The monoisotopic (exact) mass is 248 g/mol. The highest BCUT2D eigenvalue weighted by Crippen LogP contribution is 2.30. The number of hydrogen-bond acceptors (Lipinski definition) is 4. The van der Waals surface area contributed by atoms with E-state index in [-0.39, 0.29) is 0 Å². The van der Waals surface area contributed by atoms with Crippen molar-refractivity contribution in [3.63, 3.8) is 0 Å². The number of aromatic nitrogens is 2. The van der Waals surface area contributed by atoms with E-state index in [1.165, 1.54) is 25.8 Å². The topological polar surface area (TPSA) is 41.1 Å². The average molecular weight is 248 g/mol. The van der Waals surface area contributed by atoms with Crippen LogP contribution in [0.1, 0.15) is 38.8 Å². The molecule has 1 aliphatic carbocycles. The van der Waals surface area contributed by atoms with Crippen molar-refractivity contribution in [1.29, 1.82) is 0 Å². The predicted octanol–water partition coefficient (Wildman–Crippen LogP) is 2.53. The number of anilines is 1. The molecule has 2 rings (SSSR count). The molecule has 1 N–H and O–H groups in total. The van der Waals surface area contributed by atoms with E-state index in [0.717, 1.165) is 37.2 Å². The summed E-state index contributed by atoms with van der Waals surface area (Å²) in [4.78, 5) is 11.3. The maximum Gasteiger partial charge on any atom is 0.222 e. The van der Waals surface area contributed by atoms with Crippen molar-refractivity contribution < 1.29 is 0 Å². The summed E-state index contributed by atoms with van der Waals surface area (Å²) in [6.45, 7) is 8.51. The summed E-state index contributed by atoms with van der Waals surface area (Å²) in [6, 6.07) is 2.02. The third kappa shape index (κ3) is 4.26. The third-order valence-corrected chi connectivity index (χ3v) is 3.19. The fraction of sp³-hybridized carbons (Fsp3) is 0.714. The van der Waals surface area contributed by atoms with E-state index in [1.54, 1.807) is 0 Å². The Morgan fingerprint density at radius 1 is 1.39 bits per heavy atom. The fourth-order valence-electron chi connectivity index (χ4n) is 2.17. The zero-order valence-electron chi connectivity index (χ0n) is 11.5. The summed E-state index contributed by atoms with van der Waals surface area (Å²) >= 11 is 0. The lowest BCUT2D eigenvalue weighted by Crippen LogP contribution is -2.27. The van der Waals surface area contributed by atoms with Crippen LogP contribution in [0.15, 0.2) is 12.3 Å².